The van der Waals surface area contributed by atoms with E-state index >= 15 is 0 Å². The van der Waals surface area contributed by atoms with E-state index in [2.05, 4.69) is 5.32 Å². The second-order valence-electron chi connectivity index (χ2n) is 5.35. The quantitative estimate of drug-likeness (QED) is 0.909. The van der Waals surface area contributed by atoms with Crippen molar-refractivity contribution in [2.75, 3.05) is 12.3 Å². The molecule has 20 heavy (non-hydrogen) atoms. The van der Waals surface area contributed by atoms with Crippen LogP contribution in [0.25, 0.3) is 0 Å². The molecule has 0 aliphatic carbocycles. The summed E-state index contributed by atoms with van der Waals surface area (Å²) in [6.45, 7) is 2.70. The highest BCUT2D eigenvalue weighted by Gasteiger charge is 2.36. The van der Waals surface area contributed by atoms with Crippen molar-refractivity contribution in [2.45, 2.75) is 43.9 Å². The van der Waals surface area contributed by atoms with Crippen LogP contribution in [0.2, 0.25) is 0 Å². The van der Waals surface area contributed by atoms with Gasteiger partial charge < -0.3 is 5.32 Å². The first-order chi connectivity index (χ1) is 9.56. The third-order valence-corrected chi connectivity index (χ3v) is 6.14. The number of sulfone groups is 1. The summed E-state index contributed by atoms with van der Waals surface area (Å²) in [5.41, 5.74) is 0.469. The molecule has 0 amide bonds. The first-order valence-corrected chi connectivity index (χ1v) is 8.97. The lowest BCUT2D eigenvalue weighted by molar-refractivity contribution is 0.433. The molecule has 2 unspecified atom stereocenters. The highest BCUT2D eigenvalue weighted by Crippen LogP contribution is 2.31. The number of benzene rings is 1. The molecule has 0 saturated carbocycles. The largest absolute Gasteiger partial charge is 0.309 e. The normalized spacial score (nSPS) is 23.4. The predicted octanol–water partition coefficient (Wildman–Crippen LogP) is 2.83. The molecule has 1 aliphatic heterocycles. The second-order valence-corrected chi connectivity index (χ2v) is 7.69. The fraction of sp³-hybridized carbons (Fsp3) is 0.600. The van der Waals surface area contributed by atoms with E-state index in [0.29, 0.717) is 18.5 Å². The summed E-state index contributed by atoms with van der Waals surface area (Å²) in [7, 11) is -3.15. The van der Waals surface area contributed by atoms with Crippen LogP contribution in [-0.2, 0) is 9.84 Å². The van der Waals surface area contributed by atoms with Crippen molar-refractivity contribution in [3.63, 3.8) is 0 Å². The Labute approximate surface area is 120 Å². The lowest BCUT2D eigenvalue weighted by atomic mass is 9.98. The number of halogens is 1. The maximum atomic E-state index is 14.0. The third-order valence-electron chi connectivity index (χ3n) is 3.86. The van der Waals surface area contributed by atoms with Crippen molar-refractivity contribution in [1.29, 1.82) is 0 Å². The summed E-state index contributed by atoms with van der Waals surface area (Å²) in [4.78, 5) is 0. The topological polar surface area (TPSA) is 46.2 Å². The van der Waals surface area contributed by atoms with Gasteiger partial charge in [-0.05, 0) is 31.9 Å². The molecule has 1 aromatic carbocycles. The minimum Gasteiger partial charge on any atom is -0.309 e. The van der Waals surface area contributed by atoms with Crippen LogP contribution in [0.4, 0.5) is 4.39 Å². The van der Waals surface area contributed by atoms with E-state index in [1.807, 2.05) is 6.92 Å². The van der Waals surface area contributed by atoms with Crippen molar-refractivity contribution >= 4 is 9.84 Å². The lowest BCUT2D eigenvalue weighted by Crippen LogP contribution is -2.41. The summed E-state index contributed by atoms with van der Waals surface area (Å²) < 4.78 is 38.7. The standard InChI is InChI=1S/C15H22FNO2S/c1-2-10-17-15(12-7-3-4-8-13(12)16)14-9-5-6-11-20(14,18)19/h3-4,7-8,14-15,17H,2,5-6,9-11H2,1H3. The van der Waals surface area contributed by atoms with Gasteiger partial charge in [0.25, 0.3) is 0 Å². The molecule has 1 saturated heterocycles. The molecule has 5 heteroatoms. The van der Waals surface area contributed by atoms with Gasteiger partial charge in [-0.2, -0.15) is 0 Å². The fourth-order valence-corrected chi connectivity index (χ4v) is 4.92. The molecular weight excluding hydrogens is 277 g/mol. The molecule has 0 radical (unpaired) electrons. The summed E-state index contributed by atoms with van der Waals surface area (Å²) in [6.07, 6.45) is 3.11. The molecule has 112 valence electrons. The Kier molecular flexibility index (Phi) is 5.16. The fourth-order valence-electron chi connectivity index (χ4n) is 2.82. The molecule has 1 heterocycles. The smallest absolute Gasteiger partial charge is 0.155 e. The van der Waals surface area contributed by atoms with Crippen LogP contribution in [0.1, 0.15) is 44.2 Å². The van der Waals surface area contributed by atoms with Gasteiger partial charge in [-0.1, -0.05) is 31.5 Å². The molecule has 1 N–H and O–H groups in total. The Bertz CT molecular complexity index is 545. The van der Waals surface area contributed by atoms with Crippen LogP contribution < -0.4 is 5.32 Å². The van der Waals surface area contributed by atoms with Crippen LogP contribution in [0.3, 0.4) is 0 Å². The minimum absolute atomic E-state index is 0.219. The van der Waals surface area contributed by atoms with E-state index in [0.717, 1.165) is 19.3 Å². The Morgan fingerprint density at radius 3 is 2.75 bits per heavy atom. The van der Waals surface area contributed by atoms with Gasteiger partial charge in [0.2, 0.25) is 0 Å². The summed E-state index contributed by atoms with van der Waals surface area (Å²) in [5.74, 6) is -0.113. The molecule has 0 aromatic heterocycles. The number of hydrogen-bond donors (Lipinski definition) is 1. The van der Waals surface area contributed by atoms with Gasteiger partial charge in [-0.3, -0.25) is 0 Å². The van der Waals surface area contributed by atoms with E-state index in [-0.39, 0.29) is 11.6 Å². The summed E-state index contributed by atoms with van der Waals surface area (Å²) >= 11 is 0. The molecule has 3 nitrogen and oxygen atoms in total. The van der Waals surface area contributed by atoms with Gasteiger partial charge in [0.15, 0.2) is 9.84 Å². The predicted molar refractivity (Wildman–Crippen MR) is 78.9 cm³/mol. The average molecular weight is 299 g/mol. The molecule has 0 spiro atoms. The van der Waals surface area contributed by atoms with E-state index in [4.69, 9.17) is 0 Å². The van der Waals surface area contributed by atoms with Crippen LogP contribution in [0.5, 0.6) is 0 Å². The Morgan fingerprint density at radius 1 is 1.35 bits per heavy atom. The van der Waals surface area contributed by atoms with Crippen molar-refractivity contribution in [2.24, 2.45) is 0 Å². The van der Waals surface area contributed by atoms with Gasteiger partial charge in [0.1, 0.15) is 5.82 Å². The van der Waals surface area contributed by atoms with Gasteiger partial charge in [-0.25, -0.2) is 12.8 Å². The van der Waals surface area contributed by atoms with Crippen molar-refractivity contribution < 1.29 is 12.8 Å². The third kappa shape index (κ3) is 3.38. The average Bonchev–Trinajstić information content (AvgIpc) is 2.42. The maximum absolute atomic E-state index is 14.0. The van der Waals surface area contributed by atoms with Crippen LogP contribution >= 0.6 is 0 Å². The molecule has 2 atom stereocenters. The molecule has 0 bridgehead atoms. The Balaban J connectivity index is 2.34. The molecule has 1 fully saturated rings. The summed E-state index contributed by atoms with van der Waals surface area (Å²) in [6, 6.07) is 6.03. The Morgan fingerprint density at radius 2 is 2.10 bits per heavy atom. The highest BCUT2D eigenvalue weighted by molar-refractivity contribution is 7.92. The van der Waals surface area contributed by atoms with Gasteiger partial charge >= 0.3 is 0 Å². The first kappa shape index (κ1) is 15.4. The van der Waals surface area contributed by atoms with Gasteiger partial charge in [0, 0.05) is 5.56 Å². The van der Waals surface area contributed by atoms with Crippen LogP contribution in [0.15, 0.2) is 24.3 Å². The van der Waals surface area contributed by atoms with E-state index < -0.39 is 21.1 Å². The monoisotopic (exact) mass is 299 g/mol. The maximum Gasteiger partial charge on any atom is 0.155 e. The molecule has 1 aliphatic rings. The minimum atomic E-state index is -3.15. The summed E-state index contributed by atoms with van der Waals surface area (Å²) in [5, 5.41) is 2.72. The number of rotatable bonds is 5. The van der Waals surface area contributed by atoms with E-state index in [1.165, 1.54) is 6.07 Å². The SMILES string of the molecule is CCCNC(c1ccccc1F)C1CCCCS1(=O)=O. The Hall–Kier alpha value is -0.940. The number of hydrogen-bond acceptors (Lipinski definition) is 3. The lowest BCUT2D eigenvalue weighted by Gasteiger charge is -2.31. The zero-order chi connectivity index (χ0) is 14.6. The van der Waals surface area contributed by atoms with E-state index in [1.54, 1.807) is 18.2 Å². The van der Waals surface area contributed by atoms with Crippen LogP contribution in [0, 0.1) is 5.82 Å². The number of nitrogens with one attached hydrogen (secondary N) is 1. The highest BCUT2D eigenvalue weighted by atomic mass is 32.2. The second kappa shape index (κ2) is 6.68. The molecule has 1 aromatic rings. The van der Waals surface area contributed by atoms with Crippen LogP contribution in [-0.4, -0.2) is 26.0 Å². The first-order valence-electron chi connectivity index (χ1n) is 7.25. The zero-order valence-electron chi connectivity index (χ0n) is 11.8. The molecule has 2 rings (SSSR count). The van der Waals surface area contributed by atoms with Crippen molar-refractivity contribution in [3.05, 3.63) is 35.6 Å². The van der Waals surface area contributed by atoms with E-state index in [9.17, 15) is 12.8 Å². The van der Waals surface area contributed by atoms with Gasteiger partial charge in [0.05, 0.1) is 17.0 Å². The van der Waals surface area contributed by atoms with Crippen molar-refractivity contribution in [1.82, 2.24) is 5.32 Å². The zero-order valence-corrected chi connectivity index (χ0v) is 12.6. The van der Waals surface area contributed by atoms with Crippen molar-refractivity contribution in [3.8, 4) is 0 Å². The van der Waals surface area contributed by atoms with Gasteiger partial charge in [-0.15, -0.1) is 0 Å². The molecular formula is C15H22FNO2S.